The highest BCUT2D eigenvalue weighted by atomic mass is 32.1. The maximum Gasteiger partial charge on any atom is 0.327 e. The average molecular weight is 454 g/mol. The minimum Gasteiger partial charge on any atom is -0.493 e. The molecule has 0 saturated heterocycles. The molecule has 1 amide bonds. The zero-order chi connectivity index (χ0) is 22.8. The Morgan fingerprint density at radius 3 is 2.44 bits per heavy atom. The average Bonchev–Trinajstić information content (AvgIpc) is 3.40. The van der Waals surface area contributed by atoms with Crippen molar-refractivity contribution in [2.45, 2.75) is 0 Å². The Hall–Kier alpha value is -4.12. The third kappa shape index (κ3) is 3.69. The lowest BCUT2D eigenvalue weighted by Gasteiger charge is -2.15. The number of carbonyl (C=O) groups excluding carboxylic acids is 1. The molecule has 4 aromatic rings. The minimum atomic E-state index is -0.691. The summed E-state index contributed by atoms with van der Waals surface area (Å²) in [6.07, 6.45) is 3.84. The summed E-state index contributed by atoms with van der Waals surface area (Å²) >= 11 is 1.53. The number of nitro groups is 1. The predicted octanol–water partition coefficient (Wildman–Crippen LogP) is 4.25. The van der Waals surface area contributed by atoms with E-state index >= 15 is 0 Å². The Kier molecular flexibility index (Phi) is 5.65. The molecule has 0 spiro atoms. The fourth-order valence-corrected chi connectivity index (χ4v) is 3.98. The monoisotopic (exact) mass is 454 g/mol. The lowest BCUT2D eigenvalue weighted by molar-refractivity contribution is -0.386. The molecule has 2 heterocycles. The molecule has 164 valence electrons. The van der Waals surface area contributed by atoms with Gasteiger partial charge in [-0.3, -0.25) is 19.3 Å². The summed E-state index contributed by atoms with van der Waals surface area (Å²) in [6.45, 7) is 0. The molecule has 0 radical (unpaired) electrons. The summed E-state index contributed by atoms with van der Waals surface area (Å²) in [5.74, 6) is -0.721. The Balaban J connectivity index is 1.64. The highest BCUT2D eigenvalue weighted by molar-refractivity contribution is 7.15. The molecule has 2 aromatic heterocycles. The number of hydrogen-bond acceptors (Lipinski definition) is 8. The number of imidazole rings is 1. The molecule has 11 heteroatoms. The molecule has 32 heavy (non-hydrogen) atoms. The van der Waals surface area contributed by atoms with E-state index < -0.39 is 16.5 Å². The van der Waals surface area contributed by atoms with Crippen LogP contribution in [0.25, 0.3) is 16.2 Å². The number of anilines is 1. The van der Waals surface area contributed by atoms with E-state index in [-0.39, 0.29) is 22.8 Å². The second kappa shape index (κ2) is 8.55. The van der Waals surface area contributed by atoms with E-state index in [2.05, 4.69) is 10.3 Å². The normalized spacial score (nSPS) is 10.7. The molecule has 0 unspecified atom stereocenters. The van der Waals surface area contributed by atoms with Gasteiger partial charge >= 0.3 is 5.69 Å². The summed E-state index contributed by atoms with van der Waals surface area (Å²) in [5, 5.41) is 16.3. The highest BCUT2D eigenvalue weighted by Gasteiger charge is 2.32. The van der Waals surface area contributed by atoms with Crippen molar-refractivity contribution in [3.8, 4) is 28.5 Å². The van der Waals surface area contributed by atoms with Crippen LogP contribution in [0.4, 0.5) is 11.4 Å². The number of rotatable bonds is 7. The molecule has 0 saturated carbocycles. The van der Waals surface area contributed by atoms with Gasteiger partial charge in [-0.05, 0) is 12.1 Å². The van der Waals surface area contributed by atoms with Gasteiger partial charge in [0.25, 0.3) is 5.91 Å². The Morgan fingerprint density at radius 2 is 1.84 bits per heavy atom. The first kappa shape index (κ1) is 21.1. The van der Waals surface area contributed by atoms with Gasteiger partial charge < -0.3 is 19.5 Å². The summed E-state index contributed by atoms with van der Waals surface area (Å²) in [4.78, 5) is 29.4. The molecule has 0 fully saturated rings. The molecular formula is C21H18N4O6S. The third-order valence-corrected chi connectivity index (χ3v) is 5.53. The smallest absolute Gasteiger partial charge is 0.327 e. The number of nitro benzene ring substituents is 1. The van der Waals surface area contributed by atoms with Crippen molar-refractivity contribution in [2.75, 3.05) is 26.6 Å². The van der Waals surface area contributed by atoms with E-state index in [1.54, 1.807) is 12.1 Å². The summed E-state index contributed by atoms with van der Waals surface area (Å²) in [5.41, 5.74) is 1.40. The molecule has 0 aliphatic heterocycles. The lowest BCUT2D eigenvalue weighted by atomic mass is 10.1. The Labute approximate surface area is 186 Å². The van der Waals surface area contributed by atoms with Crippen molar-refractivity contribution in [3.63, 3.8) is 0 Å². The van der Waals surface area contributed by atoms with Crippen LogP contribution in [-0.4, -0.2) is 41.5 Å². The third-order valence-electron chi connectivity index (χ3n) is 4.76. The molecule has 1 N–H and O–H groups in total. The van der Waals surface area contributed by atoms with E-state index in [1.165, 1.54) is 38.7 Å². The van der Waals surface area contributed by atoms with Crippen molar-refractivity contribution >= 4 is 33.6 Å². The van der Waals surface area contributed by atoms with Crippen molar-refractivity contribution in [1.29, 1.82) is 0 Å². The van der Waals surface area contributed by atoms with Gasteiger partial charge in [-0.1, -0.05) is 12.1 Å². The second-order valence-electron chi connectivity index (χ2n) is 6.55. The topological polar surface area (TPSA) is 117 Å². The molecule has 0 aliphatic carbocycles. The summed E-state index contributed by atoms with van der Waals surface area (Å²) in [6, 6.07) is 8.27. The van der Waals surface area contributed by atoms with Crippen LogP contribution in [0.3, 0.4) is 0 Å². The number of nitrogens with zero attached hydrogens (tertiary/aromatic N) is 3. The summed E-state index contributed by atoms with van der Waals surface area (Å²) in [7, 11) is 3.95. The number of methoxy groups -OCH3 is 3. The fraction of sp³-hybridized carbons (Fsp3) is 0.143. The van der Waals surface area contributed by atoms with Gasteiger partial charge in [-0.15, -0.1) is 11.3 Å². The van der Waals surface area contributed by atoms with Gasteiger partial charge in [-0.2, -0.15) is 0 Å². The van der Waals surface area contributed by atoms with Crippen LogP contribution in [0.15, 0.2) is 48.1 Å². The van der Waals surface area contributed by atoms with Gasteiger partial charge in [0.15, 0.2) is 10.7 Å². The van der Waals surface area contributed by atoms with Crippen LogP contribution in [0.5, 0.6) is 17.2 Å². The van der Waals surface area contributed by atoms with Crippen LogP contribution >= 0.6 is 11.3 Å². The molecule has 0 atom stereocenters. The van der Waals surface area contributed by atoms with E-state index in [0.29, 0.717) is 5.69 Å². The number of hydrogen-bond donors (Lipinski definition) is 1. The molecule has 10 nitrogen and oxygen atoms in total. The lowest BCUT2D eigenvalue weighted by Crippen LogP contribution is -2.15. The Morgan fingerprint density at radius 1 is 1.12 bits per heavy atom. The summed E-state index contributed by atoms with van der Waals surface area (Å²) < 4.78 is 17.5. The van der Waals surface area contributed by atoms with Crippen LogP contribution in [-0.2, 0) is 0 Å². The SMILES string of the molecule is COc1cc(C(=O)Nc2ccc(-c3cn4ccsc4n3)cc2)c([N+](=O)[O-])c(OC)c1OC. The minimum absolute atomic E-state index is 0.0302. The number of amides is 1. The first-order chi connectivity index (χ1) is 15.5. The van der Waals surface area contributed by atoms with Crippen molar-refractivity contribution in [3.05, 3.63) is 63.8 Å². The maximum atomic E-state index is 12.9. The number of carbonyl (C=O) groups is 1. The zero-order valence-electron chi connectivity index (χ0n) is 17.3. The van der Waals surface area contributed by atoms with Crippen molar-refractivity contribution < 1.29 is 23.9 Å². The molecule has 4 rings (SSSR count). The van der Waals surface area contributed by atoms with Gasteiger partial charge in [0.2, 0.25) is 11.5 Å². The molecule has 2 aromatic carbocycles. The first-order valence-electron chi connectivity index (χ1n) is 9.28. The highest BCUT2D eigenvalue weighted by Crippen LogP contribution is 2.46. The quantitative estimate of drug-likeness (QED) is 0.328. The second-order valence-corrected chi connectivity index (χ2v) is 7.42. The van der Waals surface area contributed by atoms with Gasteiger partial charge in [0, 0.05) is 35.1 Å². The largest absolute Gasteiger partial charge is 0.493 e. The fourth-order valence-electron chi connectivity index (χ4n) is 3.28. The number of fused-ring (bicyclic) bond motifs is 1. The zero-order valence-corrected chi connectivity index (χ0v) is 18.1. The van der Waals surface area contributed by atoms with E-state index in [0.717, 1.165) is 16.2 Å². The van der Waals surface area contributed by atoms with E-state index in [4.69, 9.17) is 14.2 Å². The first-order valence-corrected chi connectivity index (χ1v) is 10.2. The number of ether oxygens (including phenoxy) is 3. The van der Waals surface area contributed by atoms with Gasteiger partial charge in [0.1, 0.15) is 5.56 Å². The number of nitrogens with one attached hydrogen (secondary N) is 1. The number of aromatic nitrogens is 2. The van der Waals surface area contributed by atoms with E-state index in [1.807, 2.05) is 34.3 Å². The van der Waals surface area contributed by atoms with Crippen molar-refractivity contribution in [1.82, 2.24) is 9.38 Å². The van der Waals surface area contributed by atoms with Gasteiger partial charge in [-0.25, -0.2) is 4.98 Å². The van der Waals surface area contributed by atoms with Crippen LogP contribution in [0.2, 0.25) is 0 Å². The van der Waals surface area contributed by atoms with Gasteiger partial charge in [0.05, 0.1) is 31.9 Å². The van der Waals surface area contributed by atoms with E-state index in [9.17, 15) is 14.9 Å². The molecule has 0 bridgehead atoms. The molecule has 0 aliphatic rings. The van der Waals surface area contributed by atoms with Crippen LogP contribution in [0, 0.1) is 10.1 Å². The number of thiazole rings is 1. The standard InChI is InChI=1S/C21H18N4O6S/c1-29-16-10-14(17(25(27)28)19(31-3)18(16)30-2)20(26)22-13-6-4-12(5-7-13)15-11-24-8-9-32-21(24)23-15/h4-11H,1-3H3,(H,22,26). The maximum absolute atomic E-state index is 12.9. The van der Waals surface area contributed by atoms with Crippen molar-refractivity contribution in [2.24, 2.45) is 0 Å². The number of benzene rings is 2. The van der Waals surface area contributed by atoms with Crippen LogP contribution in [0.1, 0.15) is 10.4 Å². The van der Waals surface area contributed by atoms with Crippen LogP contribution < -0.4 is 19.5 Å². The Bertz CT molecular complexity index is 1280. The molecular weight excluding hydrogens is 436 g/mol. The predicted molar refractivity (Wildman–Crippen MR) is 119 cm³/mol.